The molecule has 1 aromatic carbocycles. The van der Waals surface area contributed by atoms with E-state index in [9.17, 15) is 24.8 Å². The normalized spacial score (nSPS) is 11.2. The molecule has 0 spiro atoms. The number of nitrogens with one attached hydrogen (secondary N) is 1. The van der Waals surface area contributed by atoms with Crippen molar-refractivity contribution in [1.29, 1.82) is 0 Å². The first kappa shape index (κ1) is 19.0. The lowest BCUT2D eigenvalue weighted by molar-refractivity contribution is -0.384. The van der Waals surface area contributed by atoms with Gasteiger partial charge in [0.25, 0.3) is 11.6 Å². The highest BCUT2D eigenvalue weighted by atomic mass is 16.6. The number of benzene rings is 1. The van der Waals surface area contributed by atoms with Crippen molar-refractivity contribution in [2.24, 2.45) is 5.41 Å². The maximum absolute atomic E-state index is 12.2. The molecule has 26 heavy (non-hydrogen) atoms. The van der Waals surface area contributed by atoms with Crippen molar-refractivity contribution in [2.45, 2.75) is 26.7 Å². The molecule has 10 nitrogen and oxygen atoms in total. The van der Waals surface area contributed by atoms with Gasteiger partial charge in [-0.05, 0) is 18.9 Å². The van der Waals surface area contributed by atoms with Gasteiger partial charge in [0.15, 0.2) is 5.69 Å². The molecule has 0 saturated carbocycles. The Labute approximate surface area is 149 Å². The number of aromatic nitrogens is 3. The number of amides is 1. The van der Waals surface area contributed by atoms with Gasteiger partial charge < -0.3 is 10.4 Å². The molecule has 0 radical (unpaired) electrons. The minimum Gasteiger partial charge on any atom is -0.481 e. The Morgan fingerprint density at radius 3 is 2.62 bits per heavy atom. The zero-order valence-corrected chi connectivity index (χ0v) is 14.4. The molecule has 0 bridgehead atoms. The summed E-state index contributed by atoms with van der Waals surface area (Å²) in [6.07, 6.45) is 2.08. The Morgan fingerprint density at radius 1 is 1.35 bits per heavy atom. The van der Waals surface area contributed by atoms with E-state index in [1.807, 2.05) is 0 Å². The standard InChI is InChI=1S/C16H19N5O5/c1-3-16(4-2,15(23)24)10-17-14(22)13-9-20(19-18-13)11-6-5-7-12(8-11)21(25)26/h5-9H,3-4,10H2,1-2H3,(H,17,22)(H,23,24). The van der Waals surface area contributed by atoms with Crippen LogP contribution in [0.15, 0.2) is 30.5 Å². The molecule has 0 atom stereocenters. The lowest BCUT2D eigenvalue weighted by Crippen LogP contribution is -2.42. The zero-order valence-electron chi connectivity index (χ0n) is 14.4. The van der Waals surface area contributed by atoms with E-state index in [-0.39, 0.29) is 17.9 Å². The summed E-state index contributed by atoms with van der Waals surface area (Å²) >= 11 is 0. The minimum absolute atomic E-state index is 0.0111. The van der Waals surface area contributed by atoms with E-state index in [2.05, 4.69) is 15.6 Å². The Morgan fingerprint density at radius 2 is 2.04 bits per heavy atom. The lowest BCUT2D eigenvalue weighted by atomic mass is 9.82. The number of carbonyl (C=O) groups excluding carboxylic acids is 1. The number of aliphatic carboxylic acids is 1. The van der Waals surface area contributed by atoms with Gasteiger partial charge in [-0.15, -0.1) is 5.10 Å². The summed E-state index contributed by atoms with van der Waals surface area (Å²) in [6.45, 7) is 3.47. The fourth-order valence-electron chi connectivity index (χ4n) is 2.46. The van der Waals surface area contributed by atoms with E-state index in [1.165, 1.54) is 29.1 Å². The number of nitro groups is 1. The quantitative estimate of drug-likeness (QED) is 0.539. The van der Waals surface area contributed by atoms with Crippen LogP contribution in [0.2, 0.25) is 0 Å². The molecule has 0 aliphatic heterocycles. The summed E-state index contributed by atoms with van der Waals surface area (Å²) in [7, 11) is 0. The van der Waals surface area contributed by atoms with Crippen LogP contribution in [0, 0.1) is 15.5 Å². The van der Waals surface area contributed by atoms with Crippen LogP contribution in [-0.2, 0) is 4.79 Å². The van der Waals surface area contributed by atoms with Crippen LogP contribution in [0.3, 0.4) is 0 Å². The molecule has 2 rings (SSSR count). The summed E-state index contributed by atoms with van der Waals surface area (Å²) in [5, 5.41) is 30.3. The molecular weight excluding hydrogens is 342 g/mol. The summed E-state index contributed by atoms with van der Waals surface area (Å²) < 4.78 is 1.24. The molecule has 2 aromatic rings. The van der Waals surface area contributed by atoms with Crippen molar-refractivity contribution < 1.29 is 19.6 Å². The first-order chi connectivity index (χ1) is 12.3. The second kappa shape index (κ2) is 7.72. The Hall–Kier alpha value is -3.30. The first-order valence-corrected chi connectivity index (χ1v) is 8.01. The Bertz CT molecular complexity index is 828. The topological polar surface area (TPSA) is 140 Å². The van der Waals surface area contributed by atoms with Gasteiger partial charge in [-0.3, -0.25) is 19.7 Å². The molecular formula is C16H19N5O5. The molecule has 138 valence electrons. The van der Waals surface area contributed by atoms with E-state index in [0.717, 1.165) is 0 Å². The van der Waals surface area contributed by atoms with Gasteiger partial charge in [-0.2, -0.15) is 0 Å². The summed E-state index contributed by atoms with van der Waals surface area (Å²) in [5.74, 6) is -1.53. The van der Waals surface area contributed by atoms with E-state index < -0.39 is 22.2 Å². The predicted molar refractivity (Wildman–Crippen MR) is 91.0 cm³/mol. The predicted octanol–water partition coefficient (Wildman–Crippen LogP) is 1.80. The fourth-order valence-corrected chi connectivity index (χ4v) is 2.46. The smallest absolute Gasteiger partial charge is 0.311 e. The molecule has 0 fully saturated rings. The minimum atomic E-state index is -1.04. The number of carboxylic acids is 1. The van der Waals surface area contributed by atoms with Gasteiger partial charge in [0.1, 0.15) is 0 Å². The summed E-state index contributed by atoms with van der Waals surface area (Å²) in [5.41, 5.74) is -0.775. The Kier molecular flexibility index (Phi) is 5.65. The van der Waals surface area contributed by atoms with E-state index >= 15 is 0 Å². The third kappa shape index (κ3) is 3.85. The number of rotatable bonds is 8. The van der Waals surface area contributed by atoms with Gasteiger partial charge in [0.05, 0.1) is 22.2 Å². The van der Waals surface area contributed by atoms with Crippen LogP contribution in [0.5, 0.6) is 0 Å². The van der Waals surface area contributed by atoms with Crippen molar-refractivity contribution in [3.63, 3.8) is 0 Å². The Balaban J connectivity index is 2.14. The summed E-state index contributed by atoms with van der Waals surface area (Å²) in [4.78, 5) is 34.0. The first-order valence-electron chi connectivity index (χ1n) is 8.01. The second-order valence-corrected chi connectivity index (χ2v) is 5.80. The number of hydrogen-bond donors (Lipinski definition) is 2. The van der Waals surface area contributed by atoms with Crippen LogP contribution < -0.4 is 5.32 Å². The van der Waals surface area contributed by atoms with Crippen LogP contribution in [-0.4, -0.2) is 43.4 Å². The van der Waals surface area contributed by atoms with Gasteiger partial charge in [0, 0.05) is 18.7 Å². The zero-order chi connectivity index (χ0) is 19.3. The highest BCUT2D eigenvalue weighted by Gasteiger charge is 2.35. The highest BCUT2D eigenvalue weighted by molar-refractivity contribution is 5.92. The molecule has 2 N–H and O–H groups in total. The van der Waals surface area contributed by atoms with Crippen molar-refractivity contribution in [1.82, 2.24) is 20.3 Å². The van der Waals surface area contributed by atoms with Gasteiger partial charge in [0.2, 0.25) is 0 Å². The number of carboxylic acid groups (broad SMARTS) is 1. The van der Waals surface area contributed by atoms with Gasteiger partial charge in [-0.25, -0.2) is 4.68 Å². The van der Waals surface area contributed by atoms with E-state index in [1.54, 1.807) is 19.9 Å². The van der Waals surface area contributed by atoms with Crippen LogP contribution in [0.1, 0.15) is 37.2 Å². The van der Waals surface area contributed by atoms with Gasteiger partial charge in [-0.1, -0.05) is 25.1 Å². The third-order valence-corrected chi connectivity index (χ3v) is 4.43. The van der Waals surface area contributed by atoms with Crippen molar-refractivity contribution in [3.05, 3.63) is 46.3 Å². The molecule has 1 aromatic heterocycles. The summed E-state index contributed by atoms with van der Waals surface area (Å²) in [6, 6.07) is 5.74. The fraction of sp³-hybridized carbons (Fsp3) is 0.375. The highest BCUT2D eigenvalue weighted by Crippen LogP contribution is 2.25. The van der Waals surface area contributed by atoms with Crippen LogP contribution >= 0.6 is 0 Å². The van der Waals surface area contributed by atoms with Crippen molar-refractivity contribution in [3.8, 4) is 5.69 Å². The molecule has 1 amide bonds. The number of non-ortho nitro benzene ring substituents is 1. The monoisotopic (exact) mass is 361 g/mol. The van der Waals surface area contributed by atoms with Crippen LogP contribution in [0.4, 0.5) is 5.69 Å². The van der Waals surface area contributed by atoms with E-state index in [4.69, 9.17) is 0 Å². The number of nitrogens with zero attached hydrogens (tertiary/aromatic N) is 4. The molecule has 0 saturated heterocycles. The number of carbonyl (C=O) groups is 2. The van der Waals surface area contributed by atoms with E-state index in [0.29, 0.717) is 18.5 Å². The SMILES string of the molecule is CCC(CC)(CNC(=O)c1cn(-c2cccc([N+](=O)[O-])c2)nn1)C(=O)O. The largest absolute Gasteiger partial charge is 0.481 e. The van der Waals surface area contributed by atoms with Crippen molar-refractivity contribution >= 4 is 17.6 Å². The number of hydrogen-bond acceptors (Lipinski definition) is 6. The third-order valence-electron chi connectivity index (χ3n) is 4.43. The molecule has 0 unspecified atom stereocenters. The maximum Gasteiger partial charge on any atom is 0.311 e. The van der Waals surface area contributed by atoms with Crippen LogP contribution in [0.25, 0.3) is 5.69 Å². The van der Waals surface area contributed by atoms with Crippen molar-refractivity contribution in [2.75, 3.05) is 6.54 Å². The average molecular weight is 361 g/mol. The lowest BCUT2D eigenvalue weighted by Gasteiger charge is -2.26. The second-order valence-electron chi connectivity index (χ2n) is 5.80. The molecule has 0 aliphatic rings. The number of nitro benzene ring substituents is 1. The molecule has 1 heterocycles. The molecule has 10 heteroatoms. The maximum atomic E-state index is 12.2. The average Bonchev–Trinajstić information content (AvgIpc) is 3.13. The van der Waals surface area contributed by atoms with Gasteiger partial charge >= 0.3 is 5.97 Å². The molecule has 0 aliphatic carbocycles.